The molecule has 0 spiro atoms. The molecule has 0 saturated carbocycles. The number of hydrogen-bond acceptors (Lipinski definition) is 1. The monoisotopic (exact) mass is 273 g/mol. The van der Waals surface area contributed by atoms with Gasteiger partial charge in [-0.25, -0.2) is 0 Å². The lowest BCUT2D eigenvalue weighted by molar-refractivity contribution is 0.260. The fourth-order valence-corrected chi connectivity index (χ4v) is 2.93. The van der Waals surface area contributed by atoms with Crippen LogP contribution in [0.15, 0.2) is 60.2 Å². The van der Waals surface area contributed by atoms with Crippen molar-refractivity contribution in [3.63, 3.8) is 0 Å². The Kier molecular flexibility index (Phi) is 4.62. The molecular weight excluding hydrogens is 254 g/mol. The number of nitrogens with zero attached hydrogens (tertiary/aromatic N) is 1. The molecule has 19 heavy (non-hydrogen) atoms. The van der Waals surface area contributed by atoms with E-state index in [1.54, 1.807) is 0 Å². The van der Waals surface area contributed by atoms with Gasteiger partial charge in [-0.3, -0.25) is 4.90 Å². The Bertz CT molecular complexity index is 528. The van der Waals surface area contributed by atoms with Gasteiger partial charge >= 0.3 is 0 Å². The number of allylic oxidation sites excluding steroid dienone is 3. The predicted octanol–water partition coefficient (Wildman–Crippen LogP) is 4.78. The van der Waals surface area contributed by atoms with Gasteiger partial charge in [0.25, 0.3) is 0 Å². The van der Waals surface area contributed by atoms with Crippen LogP contribution in [0.4, 0.5) is 0 Å². The summed E-state index contributed by atoms with van der Waals surface area (Å²) in [5, 5.41) is 0.788. The molecule has 1 fully saturated rings. The van der Waals surface area contributed by atoms with E-state index >= 15 is 0 Å². The summed E-state index contributed by atoms with van der Waals surface area (Å²) in [4.78, 5) is 2.37. The molecule has 1 unspecified atom stereocenters. The van der Waals surface area contributed by atoms with Crippen LogP contribution < -0.4 is 0 Å². The van der Waals surface area contributed by atoms with E-state index in [2.05, 4.69) is 49.7 Å². The summed E-state index contributed by atoms with van der Waals surface area (Å²) in [5.41, 5.74) is 3.97. The van der Waals surface area contributed by atoms with Crippen LogP contribution >= 0.6 is 11.6 Å². The minimum atomic E-state index is 0.261. The zero-order valence-electron chi connectivity index (χ0n) is 11.6. The maximum atomic E-state index is 6.13. The Morgan fingerprint density at radius 3 is 2.84 bits per heavy atom. The van der Waals surface area contributed by atoms with E-state index in [1.165, 1.54) is 16.7 Å². The molecule has 2 heteroatoms. The Morgan fingerprint density at radius 2 is 2.21 bits per heavy atom. The molecule has 0 radical (unpaired) electrons. The summed E-state index contributed by atoms with van der Waals surface area (Å²) < 4.78 is 0. The van der Waals surface area contributed by atoms with Crippen molar-refractivity contribution in [2.24, 2.45) is 0 Å². The summed E-state index contributed by atoms with van der Waals surface area (Å²) in [6.45, 7) is 7.01. The van der Waals surface area contributed by atoms with Crippen molar-refractivity contribution >= 4 is 11.6 Å². The number of benzene rings is 1. The van der Waals surface area contributed by atoms with Crippen molar-refractivity contribution in [3.05, 3.63) is 70.8 Å². The summed E-state index contributed by atoms with van der Waals surface area (Å²) in [6, 6.07) is 8.39. The highest BCUT2D eigenvalue weighted by atomic mass is 35.5. The van der Waals surface area contributed by atoms with Crippen LogP contribution in [0, 0.1) is 0 Å². The average Bonchev–Trinajstić information content (AvgIpc) is 2.39. The summed E-state index contributed by atoms with van der Waals surface area (Å²) in [6.07, 6.45) is 7.29. The minimum absolute atomic E-state index is 0.261. The Balaban J connectivity index is 2.49. The SMILES string of the molecule is C=C/C=C1\C(=C/C)CCN(C)C1c1cccc(Cl)c1. The van der Waals surface area contributed by atoms with E-state index < -0.39 is 0 Å². The van der Waals surface area contributed by atoms with E-state index in [0.29, 0.717) is 0 Å². The first-order valence-corrected chi connectivity index (χ1v) is 6.99. The fourth-order valence-electron chi connectivity index (χ4n) is 2.73. The van der Waals surface area contributed by atoms with Crippen LogP contribution in [-0.4, -0.2) is 18.5 Å². The number of halogens is 1. The van der Waals surface area contributed by atoms with Crippen LogP contribution in [0.5, 0.6) is 0 Å². The molecule has 1 atom stereocenters. The van der Waals surface area contributed by atoms with Crippen molar-refractivity contribution in [2.45, 2.75) is 19.4 Å². The molecule has 0 amide bonds. The largest absolute Gasteiger partial charge is 0.295 e. The molecule has 1 heterocycles. The van der Waals surface area contributed by atoms with Crippen LogP contribution in [-0.2, 0) is 0 Å². The van der Waals surface area contributed by atoms with Crippen molar-refractivity contribution in [3.8, 4) is 0 Å². The van der Waals surface area contributed by atoms with Crippen LogP contribution in [0.1, 0.15) is 24.9 Å². The smallest absolute Gasteiger partial charge is 0.0602 e. The lowest BCUT2D eigenvalue weighted by atomic mass is 9.86. The van der Waals surface area contributed by atoms with E-state index in [1.807, 2.05) is 18.2 Å². The Morgan fingerprint density at radius 1 is 1.42 bits per heavy atom. The second kappa shape index (κ2) is 6.23. The Hall–Kier alpha value is -1.31. The highest BCUT2D eigenvalue weighted by Crippen LogP contribution is 2.38. The average molecular weight is 274 g/mol. The van der Waals surface area contributed by atoms with E-state index in [4.69, 9.17) is 11.6 Å². The number of rotatable bonds is 2. The molecule has 0 aliphatic carbocycles. The third-order valence-corrected chi connectivity index (χ3v) is 3.89. The first-order valence-electron chi connectivity index (χ1n) is 6.61. The van der Waals surface area contributed by atoms with Gasteiger partial charge in [0.05, 0.1) is 6.04 Å². The second-order valence-electron chi connectivity index (χ2n) is 4.86. The first-order chi connectivity index (χ1) is 9.17. The Labute approximate surface area is 120 Å². The molecule has 1 nitrogen and oxygen atoms in total. The molecule has 0 bridgehead atoms. The zero-order chi connectivity index (χ0) is 13.8. The summed E-state index contributed by atoms with van der Waals surface area (Å²) >= 11 is 6.13. The molecule has 1 saturated heterocycles. The number of likely N-dealkylation sites (tertiary alicyclic amines) is 1. The lowest BCUT2D eigenvalue weighted by Gasteiger charge is -2.37. The summed E-state index contributed by atoms with van der Waals surface area (Å²) in [5.74, 6) is 0. The molecule has 0 aromatic heterocycles. The van der Waals surface area contributed by atoms with Crippen molar-refractivity contribution in [2.75, 3.05) is 13.6 Å². The van der Waals surface area contributed by atoms with E-state index in [-0.39, 0.29) is 6.04 Å². The standard InChI is InChI=1S/C17H20ClN/c1-4-7-16-13(5-2)10-11-19(3)17(16)14-8-6-9-15(18)12-14/h4-9,12,17H,1,10-11H2,2-3H3/b13-5-,16-7+. The second-order valence-corrected chi connectivity index (χ2v) is 5.30. The lowest BCUT2D eigenvalue weighted by Crippen LogP contribution is -2.32. The molecule has 0 N–H and O–H groups in total. The van der Waals surface area contributed by atoms with Gasteiger partial charge in [0, 0.05) is 11.6 Å². The quantitative estimate of drug-likeness (QED) is 0.750. The predicted molar refractivity (Wildman–Crippen MR) is 83.5 cm³/mol. The van der Waals surface area contributed by atoms with E-state index in [0.717, 1.165) is 18.0 Å². The van der Waals surface area contributed by atoms with Crippen molar-refractivity contribution in [1.82, 2.24) is 4.90 Å². The van der Waals surface area contributed by atoms with Crippen molar-refractivity contribution in [1.29, 1.82) is 0 Å². The number of hydrogen-bond donors (Lipinski definition) is 0. The normalized spacial score (nSPS) is 24.9. The third-order valence-electron chi connectivity index (χ3n) is 3.65. The molecular formula is C17H20ClN. The van der Waals surface area contributed by atoms with Crippen LogP contribution in [0.25, 0.3) is 0 Å². The van der Waals surface area contributed by atoms with Gasteiger partial charge in [-0.2, -0.15) is 0 Å². The molecule has 100 valence electrons. The van der Waals surface area contributed by atoms with Gasteiger partial charge < -0.3 is 0 Å². The van der Waals surface area contributed by atoms with Crippen LogP contribution in [0.2, 0.25) is 5.02 Å². The maximum absolute atomic E-state index is 6.13. The highest BCUT2D eigenvalue weighted by Gasteiger charge is 2.27. The topological polar surface area (TPSA) is 3.24 Å². The number of piperidine rings is 1. The molecule has 1 aliphatic heterocycles. The van der Waals surface area contributed by atoms with Crippen molar-refractivity contribution < 1.29 is 0 Å². The van der Waals surface area contributed by atoms with Gasteiger partial charge in [-0.1, -0.05) is 48.5 Å². The molecule has 2 rings (SSSR count). The number of likely N-dealkylation sites (N-methyl/N-ethyl adjacent to an activating group) is 1. The van der Waals surface area contributed by atoms with Gasteiger partial charge in [0.1, 0.15) is 0 Å². The summed E-state index contributed by atoms with van der Waals surface area (Å²) in [7, 11) is 2.16. The van der Waals surface area contributed by atoms with Gasteiger partial charge in [0.2, 0.25) is 0 Å². The van der Waals surface area contributed by atoms with Gasteiger partial charge in [-0.15, -0.1) is 0 Å². The highest BCUT2D eigenvalue weighted by molar-refractivity contribution is 6.30. The van der Waals surface area contributed by atoms with Gasteiger partial charge in [-0.05, 0) is 49.2 Å². The molecule has 1 aliphatic rings. The molecule has 1 aromatic rings. The zero-order valence-corrected chi connectivity index (χ0v) is 12.3. The van der Waals surface area contributed by atoms with Crippen LogP contribution in [0.3, 0.4) is 0 Å². The van der Waals surface area contributed by atoms with E-state index in [9.17, 15) is 0 Å². The minimum Gasteiger partial charge on any atom is -0.295 e. The maximum Gasteiger partial charge on any atom is 0.0602 e. The fraction of sp³-hybridized carbons (Fsp3) is 0.294. The first kappa shape index (κ1) is 14.1. The third kappa shape index (κ3) is 2.99. The molecule has 1 aromatic carbocycles. The van der Waals surface area contributed by atoms with Gasteiger partial charge in [0.15, 0.2) is 0 Å².